The zero-order valence-corrected chi connectivity index (χ0v) is 20.3. The number of nitrogens with one attached hydrogen (secondary N) is 2. The summed E-state index contributed by atoms with van der Waals surface area (Å²) in [5.41, 5.74) is 1.53. The summed E-state index contributed by atoms with van der Waals surface area (Å²) in [6.45, 7) is 0. The number of amides is 2. The second kappa shape index (κ2) is 9.32. The van der Waals surface area contributed by atoms with Crippen LogP contribution in [0, 0.1) is 11.7 Å². The van der Waals surface area contributed by atoms with Crippen molar-refractivity contribution < 1.29 is 14.0 Å². The normalized spacial score (nSPS) is 18.5. The molecule has 33 heavy (non-hydrogen) atoms. The van der Waals surface area contributed by atoms with Crippen molar-refractivity contribution in [3.8, 4) is 0 Å². The van der Waals surface area contributed by atoms with Crippen LogP contribution in [0.3, 0.4) is 0 Å². The molecule has 1 fully saturated rings. The zero-order chi connectivity index (χ0) is 23.9. The van der Waals surface area contributed by atoms with Gasteiger partial charge in [-0.3, -0.25) is 9.59 Å². The molecule has 0 heterocycles. The standard InChI is InChI=1S/C23H14Cl5FN2O2/c24-13-5-11(6-14(25)9-13)19-20(23(19,27)28)22(33)31-18-8-12(7-15(26)10-18)21(32)30-17-3-1-16(29)2-4-17/h1-10,19-20H,(H,30,32)(H,31,33). The maximum absolute atomic E-state index is 13.1. The van der Waals surface area contributed by atoms with E-state index < -0.39 is 33.8 Å². The highest BCUT2D eigenvalue weighted by Crippen LogP contribution is 2.65. The van der Waals surface area contributed by atoms with E-state index in [4.69, 9.17) is 58.0 Å². The molecule has 2 N–H and O–H groups in total. The summed E-state index contributed by atoms with van der Waals surface area (Å²) in [5, 5.41) is 6.38. The highest BCUT2D eigenvalue weighted by atomic mass is 35.5. The molecule has 4 nitrogen and oxygen atoms in total. The topological polar surface area (TPSA) is 58.2 Å². The molecule has 0 bridgehead atoms. The average Bonchev–Trinajstić information content (AvgIpc) is 3.30. The Kier molecular flexibility index (Phi) is 6.81. The van der Waals surface area contributed by atoms with Crippen molar-refractivity contribution in [3.05, 3.63) is 92.7 Å². The van der Waals surface area contributed by atoms with E-state index in [-0.39, 0.29) is 16.3 Å². The molecule has 2 amide bonds. The smallest absolute Gasteiger partial charge is 0.255 e. The molecule has 1 saturated carbocycles. The molecule has 0 spiro atoms. The van der Waals surface area contributed by atoms with Crippen LogP contribution in [0.15, 0.2) is 60.7 Å². The monoisotopic (exact) mass is 544 g/mol. The van der Waals surface area contributed by atoms with Crippen molar-refractivity contribution in [2.24, 2.45) is 5.92 Å². The Bertz CT molecular complexity index is 1230. The first-order valence-electron chi connectivity index (χ1n) is 9.57. The lowest BCUT2D eigenvalue weighted by molar-refractivity contribution is -0.117. The van der Waals surface area contributed by atoms with Crippen LogP contribution < -0.4 is 10.6 Å². The van der Waals surface area contributed by atoms with Crippen molar-refractivity contribution in [3.63, 3.8) is 0 Å². The maximum Gasteiger partial charge on any atom is 0.255 e. The molecule has 0 aliphatic heterocycles. The summed E-state index contributed by atoms with van der Waals surface area (Å²) >= 11 is 31.0. The SMILES string of the molecule is O=C(Nc1ccc(F)cc1)c1cc(Cl)cc(NC(=O)C2C(c3cc(Cl)cc(Cl)c3)C2(Cl)Cl)c1. The first-order valence-corrected chi connectivity index (χ1v) is 11.5. The van der Waals surface area contributed by atoms with Crippen LogP contribution in [0.25, 0.3) is 0 Å². The molecule has 3 aromatic rings. The van der Waals surface area contributed by atoms with E-state index in [9.17, 15) is 14.0 Å². The molecule has 0 radical (unpaired) electrons. The summed E-state index contributed by atoms with van der Waals surface area (Å²) in [7, 11) is 0. The number of carbonyl (C=O) groups is 2. The van der Waals surface area contributed by atoms with Crippen LogP contribution in [-0.4, -0.2) is 16.1 Å². The van der Waals surface area contributed by atoms with Crippen LogP contribution in [0.5, 0.6) is 0 Å². The van der Waals surface area contributed by atoms with Gasteiger partial charge in [-0.05, 0) is 66.2 Å². The molecule has 10 heteroatoms. The number of anilines is 2. The molecular formula is C23H14Cl5FN2O2. The molecule has 2 atom stereocenters. The van der Waals surface area contributed by atoms with Crippen molar-refractivity contribution in [2.75, 3.05) is 10.6 Å². The summed E-state index contributed by atoms with van der Waals surface area (Å²) in [6.07, 6.45) is 0. The van der Waals surface area contributed by atoms with E-state index in [1.807, 2.05) is 0 Å². The minimum Gasteiger partial charge on any atom is -0.326 e. The molecule has 0 aromatic heterocycles. The lowest BCUT2D eigenvalue weighted by Crippen LogP contribution is -2.18. The van der Waals surface area contributed by atoms with Gasteiger partial charge < -0.3 is 10.6 Å². The Morgan fingerprint density at radius 2 is 1.39 bits per heavy atom. The Morgan fingerprint density at radius 3 is 2.03 bits per heavy atom. The fourth-order valence-corrected chi connectivity index (χ4v) is 5.18. The van der Waals surface area contributed by atoms with Gasteiger partial charge in [0.05, 0.1) is 5.92 Å². The van der Waals surface area contributed by atoms with Crippen molar-refractivity contribution in [1.82, 2.24) is 0 Å². The molecule has 1 aliphatic carbocycles. The molecular weight excluding hydrogens is 533 g/mol. The molecule has 0 saturated heterocycles. The van der Waals surface area contributed by atoms with Gasteiger partial charge in [0.1, 0.15) is 10.2 Å². The third-order valence-corrected chi connectivity index (χ3v) is 6.70. The van der Waals surface area contributed by atoms with Gasteiger partial charge in [0.25, 0.3) is 5.91 Å². The number of alkyl halides is 2. The van der Waals surface area contributed by atoms with E-state index in [1.165, 1.54) is 42.5 Å². The first kappa shape index (κ1) is 24.1. The second-order valence-corrected chi connectivity index (χ2v) is 10.3. The van der Waals surface area contributed by atoms with Gasteiger partial charge in [0.15, 0.2) is 0 Å². The highest BCUT2D eigenvalue weighted by molar-refractivity contribution is 6.53. The quantitative estimate of drug-likeness (QED) is 0.325. The summed E-state index contributed by atoms with van der Waals surface area (Å²) in [5.74, 6) is -2.65. The molecule has 3 aromatic carbocycles. The minimum absolute atomic E-state index is 0.194. The summed E-state index contributed by atoms with van der Waals surface area (Å²) in [6, 6.07) is 14.6. The molecule has 2 unspecified atom stereocenters. The lowest BCUT2D eigenvalue weighted by atomic mass is 10.1. The van der Waals surface area contributed by atoms with E-state index in [0.717, 1.165) is 0 Å². The van der Waals surface area contributed by atoms with Gasteiger partial charge >= 0.3 is 0 Å². The van der Waals surface area contributed by atoms with Gasteiger partial charge in [-0.2, -0.15) is 0 Å². The van der Waals surface area contributed by atoms with Gasteiger partial charge in [0.2, 0.25) is 5.91 Å². The Labute approximate surface area is 213 Å². The third kappa shape index (κ3) is 5.39. The predicted molar refractivity (Wildman–Crippen MR) is 132 cm³/mol. The van der Waals surface area contributed by atoms with Crippen LogP contribution in [0.4, 0.5) is 15.8 Å². The number of rotatable bonds is 5. The van der Waals surface area contributed by atoms with Gasteiger partial charge in [-0.25, -0.2) is 4.39 Å². The largest absolute Gasteiger partial charge is 0.326 e. The number of hydrogen-bond acceptors (Lipinski definition) is 2. The molecule has 4 rings (SSSR count). The third-order valence-electron chi connectivity index (χ3n) is 5.11. The Hall–Kier alpha value is -2.02. The summed E-state index contributed by atoms with van der Waals surface area (Å²) in [4.78, 5) is 25.5. The van der Waals surface area contributed by atoms with Crippen molar-refractivity contribution in [2.45, 2.75) is 10.3 Å². The van der Waals surface area contributed by atoms with Crippen LogP contribution in [0.1, 0.15) is 21.8 Å². The first-order chi connectivity index (χ1) is 15.5. The van der Waals surface area contributed by atoms with Crippen LogP contribution in [0.2, 0.25) is 15.1 Å². The van der Waals surface area contributed by atoms with Crippen molar-refractivity contribution in [1.29, 1.82) is 0 Å². The predicted octanol–water partition coefficient (Wildman–Crippen LogP) is 7.56. The molecule has 1 aliphatic rings. The van der Waals surface area contributed by atoms with E-state index >= 15 is 0 Å². The Balaban J connectivity index is 1.51. The fraction of sp³-hybridized carbons (Fsp3) is 0.130. The zero-order valence-electron chi connectivity index (χ0n) is 16.5. The minimum atomic E-state index is -1.35. The second-order valence-electron chi connectivity index (χ2n) is 7.51. The van der Waals surface area contributed by atoms with Crippen molar-refractivity contribution >= 4 is 81.2 Å². The van der Waals surface area contributed by atoms with Gasteiger partial charge in [-0.1, -0.05) is 34.8 Å². The van der Waals surface area contributed by atoms with Crippen LogP contribution in [-0.2, 0) is 4.79 Å². The maximum atomic E-state index is 13.1. The number of carbonyl (C=O) groups excluding carboxylic acids is 2. The van der Waals surface area contributed by atoms with Crippen LogP contribution >= 0.6 is 58.0 Å². The van der Waals surface area contributed by atoms with Gasteiger partial charge in [-0.15, -0.1) is 23.2 Å². The van der Waals surface area contributed by atoms with E-state index in [0.29, 0.717) is 21.3 Å². The Morgan fingerprint density at radius 1 is 0.788 bits per heavy atom. The average molecular weight is 547 g/mol. The lowest BCUT2D eigenvalue weighted by Gasteiger charge is -2.10. The highest BCUT2D eigenvalue weighted by Gasteiger charge is 2.67. The summed E-state index contributed by atoms with van der Waals surface area (Å²) < 4.78 is 11.7. The van der Waals surface area contributed by atoms with E-state index in [2.05, 4.69) is 10.6 Å². The number of hydrogen-bond donors (Lipinski definition) is 2. The van der Waals surface area contributed by atoms with Gasteiger partial charge in [0, 0.05) is 37.9 Å². The fourth-order valence-electron chi connectivity index (χ4n) is 3.57. The molecule has 170 valence electrons. The number of halogens is 6. The van der Waals surface area contributed by atoms with E-state index in [1.54, 1.807) is 18.2 Å². The number of benzene rings is 3.